The fourth-order valence-corrected chi connectivity index (χ4v) is 4.05. The summed E-state index contributed by atoms with van der Waals surface area (Å²) in [4.78, 5) is 2.49. The summed E-state index contributed by atoms with van der Waals surface area (Å²) in [6, 6.07) is 0. The third-order valence-electron chi connectivity index (χ3n) is 4.65. The number of nitrogens with two attached hydrogens (primary N) is 1. The fraction of sp³-hybridized carbons (Fsp3) is 0.929. The number of piperidine rings is 1. The van der Waals surface area contributed by atoms with Crippen LogP contribution in [0.2, 0.25) is 0 Å². The molecule has 0 radical (unpaired) electrons. The molecule has 0 aliphatic carbocycles. The Kier molecular flexibility index (Phi) is 5.99. The quantitative estimate of drug-likeness (QED) is 0.339. The molecule has 0 aromatic heterocycles. The summed E-state index contributed by atoms with van der Waals surface area (Å²) < 4.78 is 5.49. The molecule has 0 aromatic rings. The summed E-state index contributed by atoms with van der Waals surface area (Å²) in [5.41, 5.74) is 5.87. The maximum absolute atomic E-state index is 8.93. The van der Waals surface area contributed by atoms with E-state index in [0.717, 1.165) is 39.1 Å². The molecule has 0 aromatic carbocycles. The van der Waals surface area contributed by atoms with Crippen LogP contribution in [0.4, 0.5) is 0 Å². The van der Waals surface area contributed by atoms with Crippen molar-refractivity contribution in [3.63, 3.8) is 0 Å². The highest BCUT2D eigenvalue weighted by Gasteiger charge is 2.37. The molecule has 5 nitrogen and oxygen atoms in total. The SMILES string of the molecule is CSC1(C(N)=NO)CCN(CCCC2CCCO2)CC1. The number of likely N-dealkylation sites (tertiary alicyclic amines) is 1. The van der Waals surface area contributed by atoms with Gasteiger partial charge in [-0.2, -0.15) is 11.8 Å². The van der Waals surface area contributed by atoms with Crippen molar-refractivity contribution in [1.82, 2.24) is 4.90 Å². The third kappa shape index (κ3) is 3.80. The largest absolute Gasteiger partial charge is 0.409 e. The number of thioether (sulfide) groups is 1. The van der Waals surface area contributed by atoms with Crippen molar-refractivity contribution in [2.75, 3.05) is 32.5 Å². The van der Waals surface area contributed by atoms with E-state index in [4.69, 9.17) is 15.7 Å². The summed E-state index contributed by atoms with van der Waals surface area (Å²) in [6.07, 6.45) is 9.33. The van der Waals surface area contributed by atoms with Gasteiger partial charge in [0.05, 0.1) is 10.9 Å². The van der Waals surface area contributed by atoms with Crippen LogP contribution < -0.4 is 5.73 Å². The smallest absolute Gasteiger partial charge is 0.155 e. The van der Waals surface area contributed by atoms with Gasteiger partial charge in [0.15, 0.2) is 5.84 Å². The molecule has 3 N–H and O–H groups in total. The Balaban J connectivity index is 1.70. The lowest BCUT2D eigenvalue weighted by Crippen LogP contribution is -2.50. The van der Waals surface area contributed by atoms with Gasteiger partial charge < -0.3 is 20.6 Å². The van der Waals surface area contributed by atoms with Crippen LogP contribution in [0.5, 0.6) is 0 Å². The molecule has 2 aliphatic heterocycles. The van der Waals surface area contributed by atoms with E-state index < -0.39 is 0 Å². The Labute approximate surface area is 125 Å². The lowest BCUT2D eigenvalue weighted by molar-refractivity contribution is 0.0973. The minimum absolute atomic E-state index is 0.167. The topological polar surface area (TPSA) is 71.1 Å². The molecule has 2 aliphatic rings. The molecular weight excluding hydrogens is 274 g/mol. The van der Waals surface area contributed by atoms with Crippen LogP contribution in [0.15, 0.2) is 5.16 Å². The second kappa shape index (κ2) is 7.52. The van der Waals surface area contributed by atoms with Crippen molar-refractivity contribution in [3.05, 3.63) is 0 Å². The molecular formula is C14H27N3O2S. The van der Waals surface area contributed by atoms with Gasteiger partial charge in [-0.3, -0.25) is 0 Å². The van der Waals surface area contributed by atoms with Gasteiger partial charge in [-0.1, -0.05) is 5.16 Å². The average molecular weight is 301 g/mol. The Hall–Kier alpha value is -0.460. The summed E-state index contributed by atoms with van der Waals surface area (Å²) in [6.45, 7) is 4.15. The van der Waals surface area contributed by atoms with Gasteiger partial charge >= 0.3 is 0 Å². The maximum Gasteiger partial charge on any atom is 0.155 e. The first-order valence-corrected chi connectivity index (χ1v) is 8.80. The van der Waals surface area contributed by atoms with E-state index in [9.17, 15) is 0 Å². The molecule has 6 heteroatoms. The highest BCUT2D eigenvalue weighted by Crippen LogP contribution is 2.34. The van der Waals surface area contributed by atoms with Crippen LogP contribution in [0.25, 0.3) is 0 Å². The van der Waals surface area contributed by atoms with Gasteiger partial charge in [0.1, 0.15) is 0 Å². The molecule has 2 saturated heterocycles. The van der Waals surface area contributed by atoms with Gasteiger partial charge in [0.25, 0.3) is 0 Å². The molecule has 2 rings (SSSR count). The maximum atomic E-state index is 8.93. The highest BCUT2D eigenvalue weighted by molar-refractivity contribution is 8.00. The molecule has 20 heavy (non-hydrogen) atoms. The van der Waals surface area contributed by atoms with Crippen molar-refractivity contribution in [3.8, 4) is 0 Å². The highest BCUT2D eigenvalue weighted by atomic mass is 32.2. The number of ether oxygens (including phenoxy) is 1. The zero-order valence-electron chi connectivity index (χ0n) is 12.4. The molecule has 0 bridgehead atoms. The van der Waals surface area contributed by atoms with Crippen LogP contribution in [0.3, 0.4) is 0 Å². The van der Waals surface area contributed by atoms with Crippen molar-refractivity contribution in [2.45, 2.75) is 49.4 Å². The lowest BCUT2D eigenvalue weighted by Gasteiger charge is -2.39. The van der Waals surface area contributed by atoms with Crippen molar-refractivity contribution in [1.29, 1.82) is 0 Å². The van der Waals surface area contributed by atoms with E-state index in [-0.39, 0.29) is 4.75 Å². The zero-order chi connectivity index (χ0) is 14.4. The zero-order valence-corrected chi connectivity index (χ0v) is 13.2. The molecule has 1 atom stereocenters. The van der Waals surface area contributed by atoms with E-state index in [1.165, 1.54) is 25.7 Å². The van der Waals surface area contributed by atoms with Crippen LogP contribution in [0, 0.1) is 0 Å². The van der Waals surface area contributed by atoms with Crippen molar-refractivity contribution < 1.29 is 9.94 Å². The number of nitrogens with zero attached hydrogens (tertiary/aromatic N) is 2. The summed E-state index contributed by atoms with van der Waals surface area (Å²) >= 11 is 1.71. The fourth-order valence-electron chi connectivity index (χ4n) is 3.21. The van der Waals surface area contributed by atoms with Gasteiger partial charge in [-0.05, 0) is 64.4 Å². The van der Waals surface area contributed by atoms with Crippen LogP contribution in [0.1, 0.15) is 38.5 Å². The number of rotatable bonds is 6. The van der Waals surface area contributed by atoms with Crippen molar-refractivity contribution >= 4 is 17.6 Å². The Morgan fingerprint density at radius 1 is 1.50 bits per heavy atom. The number of amidine groups is 1. The monoisotopic (exact) mass is 301 g/mol. The standard InChI is InChI=1S/C14H27N3O2S/c1-20-14(13(15)16-18)6-9-17(10-7-14)8-2-4-12-5-3-11-19-12/h12,18H,2-11H2,1H3,(H2,15,16). The first kappa shape index (κ1) is 15.9. The first-order valence-electron chi connectivity index (χ1n) is 7.57. The van der Waals surface area contributed by atoms with E-state index >= 15 is 0 Å². The number of oxime groups is 1. The molecule has 1 unspecified atom stereocenters. The lowest BCUT2D eigenvalue weighted by atomic mass is 9.94. The third-order valence-corrected chi connectivity index (χ3v) is 6.05. The normalized spacial score (nSPS) is 27.9. The Morgan fingerprint density at radius 2 is 2.25 bits per heavy atom. The number of hydrogen-bond acceptors (Lipinski definition) is 5. The summed E-state index contributed by atoms with van der Waals surface area (Å²) in [7, 11) is 0. The van der Waals surface area contributed by atoms with Gasteiger partial charge in [0, 0.05) is 6.61 Å². The van der Waals surface area contributed by atoms with E-state index in [1.54, 1.807) is 11.8 Å². The molecule has 0 saturated carbocycles. The summed E-state index contributed by atoms with van der Waals surface area (Å²) in [5, 5.41) is 12.2. The minimum atomic E-state index is -0.167. The Morgan fingerprint density at radius 3 is 2.80 bits per heavy atom. The molecule has 2 fully saturated rings. The molecule has 116 valence electrons. The van der Waals surface area contributed by atoms with E-state index in [1.807, 2.05) is 6.26 Å². The Bertz CT molecular complexity index is 324. The van der Waals surface area contributed by atoms with Gasteiger partial charge in [0.2, 0.25) is 0 Å². The van der Waals surface area contributed by atoms with Crippen LogP contribution >= 0.6 is 11.8 Å². The molecule has 0 amide bonds. The van der Waals surface area contributed by atoms with E-state index in [2.05, 4.69) is 10.1 Å². The predicted octanol–water partition coefficient (Wildman–Crippen LogP) is 1.89. The number of hydrogen-bond donors (Lipinski definition) is 2. The molecule has 0 spiro atoms. The second-order valence-electron chi connectivity index (χ2n) is 5.80. The molecule has 2 heterocycles. The summed E-state index contributed by atoms with van der Waals surface area (Å²) in [5.74, 6) is 0.379. The van der Waals surface area contributed by atoms with Gasteiger partial charge in [-0.15, -0.1) is 0 Å². The van der Waals surface area contributed by atoms with E-state index in [0.29, 0.717) is 11.9 Å². The first-order chi connectivity index (χ1) is 9.70. The van der Waals surface area contributed by atoms with Gasteiger partial charge in [-0.25, -0.2) is 0 Å². The average Bonchev–Trinajstić information content (AvgIpc) is 3.00. The van der Waals surface area contributed by atoms with Crippen LogP contribution in [-0.4, -0.2) is 59.3 Å². The predicted molar refractivity (Wildman–Crippen MR) is 83.5 cm³/mol. The van der Waals surface area contributed by atoms with Crippen molar-refractivity contribution in [2.24, 2.45) is 10.9 Å². The van der Waals surface area contributed by atoms with Crippen LogP contribution in [-0.2, 0) is 4.74 Å². The minimum Gasteiger partial charge on any atom is -0.409 e. The second-order valence-corrected chi connectivity index (χ2v) is 6.99.